The smallest absolute Gasteiger partial charge is 0.407 e. The van der Waals surface area contributed by atoms with Gasteiger partial charge in [-0.2, -0.15) is 0 Å². The van der Waals surface area contributed by atoms with E-state index in [2.05, 4.69) is 22.9 Å². The number of carbonyl (C=O) groups excluding carboxylic acids is 3. The normalized spacial score (nSPS) is 16.9. The number of ether oxygens (including phenoxy) is 1. The first-order chi connectivity index (χ1) is 16.8. The Balaban J connectivity index is 1.42. The van der Waals surface area contributed by atoms with Gasteiger partial charge in [0.2, 0.25) is 11.8 Å². The summed E-state index contributed by atoms with van der Waals surface area (Å²) in [6.07, 6.45) is -0.286. The molecular weight excluding hydrogens is 450 g/mol. The number of nitrogens with zero attached hydrogens (tertiary/aromatic N) is 1. The van der Waals surface area contributed by atoms with E-state index in [1.807, 2.05) is 36.4 Å². The number of fused-ring (bicyclic) bond motifs is 3. The Bertz CT molecular complexity index is 1110. The SMILES string of the molecule is CCC(CC)(CNC(=O)OCC1c2ccccc2-c2ccccc21)C(=O)N1NC(=O)CC1C(=O)O. The number of alkyl carbamates (subject to hydrolysis) is 1. The molecule has 1 heterocycles. The van der Waals surface area contributed by atoms with Gasteiger partial charge < -0.3 is 15.2 Å². The van der Waals surface area contributed by atoms with E-state index in [1.54, 1.807) is 13.8 Å². The van der Waals surface area contributed by atoms with Crippen molar-refractivity contribution in [2.45, 2.75) is 45.1 Å². The van der Waals surface area contributed by atoms with E-state index in [-0.39, 0.29) is 25.5 Å². The number of benzene rings is 2. The minimum absolute atomic E-state index is 0.0474. The quantitative estimate of drug-likeness (QED) is 0.535. The Morgan fingerprint density at radius 1 is 1.06 bits per heavy atom. The highest BCUT2D eigenvalue weighted by Gasteiger charge is 2.47. The molecule has 0 bridgehead atoms. The average Bonchev–Trinajstić information content (AvgIpc) is 3.42. The van der Waals surface area contributed by atoms with Crippen molar-refractivity contribution in [3.63, 3.8) is 0 Å². The summed E-state index contributed by atoms with van der Waals surface area (Å²) in [4.78, 5) is 49.3. The number of carboxylic acid groups (broad SMARTS) is 1. The van der Waals surface area contributed by atoms with E-state index >= 15 is 0 Å². The summed E-state index contributed by atoms with van der Waals surface area (Å²) in [6.45, 7) is 3.67. The number of nitrogens with one attached hydrogen (secondary N) is 2. The molecule has 0 saturated carbocycles. The Morgan fingerprint density at radius 2 is 1.63 bits per heavy atom. The van der Waals surface area contributed by atoms with Crippen molar-refractivity contribution in [3.8, 4) is 11.1 Å². The fourth-order valence-corrected chi connectivity index (χ4v) is 4.94. The molecule has 1 saturated heterocycles. The summed E-state index contributed by atoms with van der Waals surface area (Å²) < 4.78 is 5.57. The van der Waals surface area contributed by atoms with Crippen LogP contribution < -0.4 is 10.7 Å². The first-order valence-corrected chi connectivity index (χ1v) is 11.8. The van der Waals surface area contributed by atoms with E-state index < -0.39 is 35.3 Å². The third-order valence-electron chi connectivity index (χ3n) is 7.16. The van der Waals surface area contributed by atoms with Gasteiger partial charge >= 0.3 is 12.1 Å². The number of hydrogen-bond acceptors (Lipinski definition) is 5. The molecule has 35 heavy (non-hydrogen) atoms. The molecule has 3 N–H and O–H groups in total. The highest BCUT2D eigenvalue weighted by atomic mass is 16.5. The minimum atomic E-state index is -1.28. The van der Waals surface area contributed by atoms with Crippen LogP contribution in [0.1, 0.15) is 50.2 Å². The van der Waals surface area contributed by atoms with Crippen LogP contribution in [0.5, 0.6) is 0 Å². The molecular formula is C26H29N3O6. The molecule has 2 aromatic rings. The predicted molar refractivity (Wildman–Crippen MR) is 127 cm³/mol. The lowest BCUT2D eigenvalue weighted by molar-refractivity contribution is -0.156. The van der Waals surface area contributed by atoms with Gasteiger partial charge in [-0.05, 0) is 35.1 Å². The number of aliphatic carboxylic acids is 1. The summed E-state index contributed by atoms with van der Waals surface area (Å²) in [5, 5.41) is 13.0. The van der Waals surface area contributed by atoms with Crippen LogP contribution in [-0.2, 0) is 19.1 Å². The number of hydrogen-bond donors (Lipinski definition) is 3. The summed E-state index contributed by atoms with van der Waals surface area (Å²) in [6, 6.07) is 14.8. The predicted octanol–water partition coefficient (Wildman–Crippen LogP) is 3.05. The second-order valence-corrected chi connectivity index (χ2v) is 8.93. The third-order valence-corrected chi connectivity index (χ3v) is 7.16. The molecule has 1 fully saturated rings. The van der Waals surface area contributed by atoms with E-state index in [0.717, 1.165) is 27.3 Å². The molecule has 0 radical (unpaired) electrons. The van der Waals surface area contributed by atoms with Crippen molar-refractivity contribution in [1.82, 2.24) is 15.8 Å². The summed E-state index contributed by atoms with van der Waals surface area (Å²) in [5.41, 5.74) is 5.70. The maximum absolute atomic E-state index is 13.3. The fraction of sp³-hybridized carbons (Fsp3) is 0.385. The summed E-state index contributed by atoms with van der Waals surface area (Å²) in [7, 11) is 0. The Morgan fingerprint density at radius 3 is 2.17 bits per heavy atom. The molecule has 3 amide bonds. The third kappa shape index (κ3) is 4.45. The number of hydrazine groups is 1. The van der Waals surface area contributed by atoms with Gasteiger partial charge in [0.15, 0.2) is 6.04 Å². The largest absolute Gasteiger partial charge is 0.480 e. The average molecular weight is 480 g/mol. The van der Waals surface area contributed by atoms with Gasteiger partial charge in [0.25, 0.3) is 0 Å². The number of carbonyl (C=O) groups is 4. The minimum Gasteiger partial charge on any atom is -0.480 e. The molecule has 4 rings (SSSR count). The lowest BCUT2D eigenvalue weighted by Gasteiger charge is -2.35. The van der Waals surface area contributed by atoms with Crippen LogP contribution in [-0.4, -0.2) is 53.2 Å². The molecule has 1 unspecified atom stereocenters. The zero-order valence-electron chi connectivity index (χ0n) is 19.7. The Kier molecular flexibility index (Phi) is 6.77. The second kappa shape index (κ2) is 9.77. The van der Waals surface area contributed by atoms with Gasteiger partial charge in [0, 0.05) is 12.5 Å². The number of amides is 3. The van der Waals surface area contributed by atoms with Gasteiger partial charge in [0.05, 0.1) is 11.8 Å². The highest BCUT2D eigenvalue weighted by Crippen LogP contribution is 2.44. The molecule has 1 aliphatic heterocycles. The van der Waals surface area contributed by atoms with Crippen molar-refractivity contribution >= 4 is 23.9 Å². The topological polar surface area (TPSA) is 125 Å². The lowest BCUT2D eigenvalue weighted by Crippen LogP contribution is -2.56. The lowest BCUT2D eigenvalue weighted by atomic mass is 9.80. The first kappa shape index (κ1) is 24.3. The van der Waals surface area contributed by atoms with Crippen LogP contribution in [0.15, 0.2) is 48.5 Å². The van der Waals surface area contributed by atoms with Crippen LogP contribution >= 0.6 is 0 Å². The van der Waals surface area contributed by atoms with Crippen LogP contribution in [0.2, 0.25) is 0 Å². The van der Waals surface area contributed by atoms with Crippen LogP contribution in [0.3, 0.4) is 0 Å². The van der Waals surface area contributed by atoms with E-state index in [0.29, 0.717) is 12.8 Å². The summed E-state index contributed by atoms with van der Waals surface area (Å²) in [5.74, 6) is -2.42. The fourth-order valence-electron chi connectivity index (χ4n) is 4.94. The maximum Gasteiger partial charge on any atom is 0.407 e. The Hall–Kier alpha value is -3.88. The monoisotopic (exact) mass is 479 g/mol. The molecule has 2 aliphatic rings. The highest BCUT2D eigenvalue weighted by molar-refractivity contribution is 5.95. The summed E-state index contributed by atoms with van der Waals surface area (Å²) >= 11 is 0. The van der Waals surface area contributed by atoms with Crippen LogP contribution in [0.4, 0.5) is 4.79 Å². The van der Waals surface area contributed by atoms with Crippen molar-refractivity contribution in [2.24, 2.45) is 5.41 Å². The molecule has 0 aromatic heterocycles. The zero-order valence-corrected chi connectivity index (χ0v) is 19.7. The molecule has 1 atom stereocenters. The second-order valence-electron chi connectivity index (χ2n) is 8.93. The van der Waals surface area contributed by atoms with E-state index in [4.69, 9.17) is 4.74 Å². The Labute approximate surface area is 203 Å². The molecule has 2 aromatic carbocycles. The van der Waals surface area contributed by atoms with Gasteiger partial charge in [-0.25, -0.2) is 14.6 Å². The van der Waals surface area contributed by atoms with Gasteiger partial charge in [0.1, 0.15) is 6.61 Å². The standard InChI is InChI=1S/C26H29N3O6/c1-3-26(4-2,24(33)29-21(23(31)32)13-22(30)28-29)15-27-25(34)35-14-20-18-11-7-5-9-16(18)17-10-6-8-12-19(17)20/h5-12,20-21H,3-4,13-15H2,1-2H3,(H,27,34)(H,28,30)(H,31,32). The van der Waals surface area contributed by atoms with E-state index in [1.165, 1.54) is 0 Å². The van der Waals surface area contributed by atoms with Crippen molar-refractivity contribution < 1.29 is 29.0 Å². The van der Waals surface area contributed by atoms with Gasteiger partial charge in [-0.1, -0.05) is 62.4 Å². The van der Waals surface area contributed by atoms with E-state index in [9.17, 15) is 24.3 Å². The number of rotatable bonds is 8. The molecule has 0 spiro atoms. The van der Waals surface area contributed by atoms with Crippen molar-refractivity contribution in [2.75, 3.05) is 13.2 Å². The van der Waals surface area contributed by atoms with Crippen LogP contribution in [0.25, 0.3) is 11.1 Å². The van der Waals surface area contributed by atoms with Crippen molar-refractivity contribution in [1.29, 1.82) is 0 Å². The first-order valence-electron chi connectivity index (χ1n) is 11.8. The molecule has 184 valence electrons. The number of carboxylic acids is 1. The van der Waals surface area contributed by atoms with Gasteiger partial charge in [-0.3, -0.25) is 15.0 Å². The molecule has 9 heteroatoms. The zero-order chi connectivity index (χ0) is 25.2. The maximum atomic E-state index is 13.3. The van der Waals surface area contributed by atoms with Crippen LogP contribution in [0, 0.1) is 5.41 Å². The molecule has 9 nitrogen and oxygen atoms in total. The van der Waals surface area contributed by atoms with Gasteiger partial charge in [-0.15, -0.1) is 0 Å². The van der Waals surface area contributed by atoms with Crippen molar-refractivity contribution in [3.05, 3.63) is 59.7 Å². The molecule has 1 aliphatic carbocycles.